The largest absolute Gasteiger partial charge is 0.497 e. The highest BCUT2D eigenvalue weighted by Crippen LogP contribution is 2.12. The van der Waals surface area contributed by atoms with Gasteiger partial charge in [0.05, 0.1) is 13.7 Å². The Morgan fingerprint density at radius 3 is 2.47 bits per heavy atom. The molecule has 0 amide bonds. The molecule has 0 aliphatic carbocycles. The second-order valence-electron chi connectivity index (χ2n) is 3.99. The Balaban J connectivity index is 2.37. The van der Waals surface area contributed by atoms with Crippen LogP contribution in [0.2, 0.25) is 0 Å². The van der Waals surface area contributed by atoms with Gasteiger partial charge < -0.3 is 9.84 Å². The third-order valence-electron chi connectivity index (χ3n) is 2.77. The Labute approximate surface area is 109 Å². The highest BCUT2D eigenvalue weighted by molar-refractivity contribution is 5.85. The van der Waals surface area contributed by atoms with Crippen LogP contribution in [0.15, 0.2) is 47.3 Å². The zero-order chi connectivity index (χ0) is 13.8. The molecule has 2 aromatic rings. The summed E-state index contributed by atoms with van der Waals surface area (Å²) in [6.07, 6.45) is 0. The number of carboxylic acids is 1. The molecule has 0 aliphatic rings. The Kier molecular flexibility index (Phi) is 3.66. The summed E-state index contributed by atoms with van der Waals surface area (Å²) in [7, 11) is 1.57. The molecule has 1 N–H and O–H groups in total. The van der Waals surface area contributed by atoms with Crippen LogP contribution in [0.1, 0.15) is 16.1 Å². The van der Waals surface area contributed by atoms with Crippen molar-refractivity contribution in [3.63, 3.8) is 0 Å². The average Bonchev–Trinajstić information content (AvgIpc) is 2.41. The van der Waals surface area contributed by atoms with E-state index in [2.05, 4.69) is 0 Å². The first-order chi connectivity index (χ1) is 9.11. The number of pyridine rings is 1. The standard InChI is InChI=1S/C14H13NO4/c1-19-11-7-5-10(6-8-11)9-15-12(14(17)18)3-2-4-13(15)16/h2-8H,9H2,1H3,(H,17,18). The van der Waals surface area contributed by atoms with E-state index >= 15 is 0 Å². The van der Waals surface area contributed by atoms with Crippen molar-refractivity contribution in [2.24, 2.45) is 0 Å². The highest BCUT2D eigenvalue weighted by atomic mass is 16.5. The van der Waals surface area contributed by atoms with E-state index in [1.165, 1.54) is 22.8 Å². The number of aromatic carboxylic acids is 1. The molecule has 0 unspecified atom stereocenters. The molecule has 0 spiro atoms. The molecule has 0 radical (unpaired) electrons. The summed E-state index contributed by atoms with van der Waals surface area (Å²) >= 11 is 0. The summed E-state index contributed by atoms with van der Waals surface area (Å²) in [6.45, 7) is 0.214. The van der Waals surface area contributed by atoms with E-state index in [-0.39, 0.29) is 17.8 Å². The lowest BCUT2D eigenvalue weighted by atomic mass is 10.2. The first-order valence-corrected chi connectivity index (χ1v) is 5.68. The molecule has 1 aromatic heterocycles. The normalized spacial score (nSPS) is 10.2. The molecule has 1 aromatic carbocycles. The molecule has 5 nitrogen and oxygen atoms in total. The van der Waals surface area contributed by atoms with E-state index in [0.717, 1.165) is 5.56 Å². The molecule has 0 atom stereocenters. The lowest BCUT2D eigenvalue weighted by Crippen LogP contribution is -2.25. The van der Waals surface area contributed by atoms with Crippen molar-refractivity contribution in [3.05, 3.63) is 64.1 Å². The first-order valence-electron chi connectivity index (χ1n) is 5.68. The number of aromatic nitrogens is 1. The fourth-order valence-corrected chi connectivity index (χ4v) is 1.78. The maximum absolute atomic E-state index is 11.7. The summed E-state index contributed by atoms with van der Waals surface area (Å²) in [5, 5.41) is 9.07. The Hall–Kier alpha value is -2.56. The molecular weight excluding hydrogens is 246 g/mol. The minimum atomic E-state index is -1.12. The van der Waals surface area contributed by atoms with Crippen molar-refractivity contribution in [1.29, 1.82) is 0 Å². The molecule has 0 saturated carbocycles. The third kappa shape index (κ3) is 2.82. The van der Waals surface area contributed by atoms with Crippen molar-refractivity contribution in [2.75, 3.05) is 7.11 Å². The molecule has 0 aliphatic heterocycles. The van der Waals surface area contributed by atoms with Crippen LogP contribution in [-0.2, 0) is 6.54 Å². The number of benzene rings is 1. The van der Waals surface area contributed by atoms with Crippen molar-refractivity contribution in [1.82, 2.24) is 4.57 Å². The lowest BCUT2D eigenvalue weighted by molar-refractivity contribution is 0.0684. The van der Waals surface area contributed by atoms with Crippen LogP contribution >= 0.6 is 0 Å². The zero-order valence-corrected chi connectivity index (χ0v) is 10.4. The van der Waals surface area contributed by atoms with Gasteiger partial charge in [0.1, 0.15) is 11.4 Å². The van der Waals surface area contributed by atoms with Crippen molar-refractivity contribution < 1.29 is 14.6 Å². The second-order valence-corrected chi connectivity index (χ2v) is 3.99. The lowest BCUT2D eigenvalue weighted by Gasteiger charge is -2.10. The van der Waals surface area contributed by atoms with E-state index < -0.39 is 5.97 Å². The quantitative estimate of drug-likeness (QED) is 0.905. The SMILES string of the molecule is COc1ccc(Cn2c(C(=O)O)cccc2=O)cc1. The molecule has 19 heavy (non-hydrogen) atoms. The van der Waals surface area contributed by atoms with E-state index in [9.17, 15) is 9.59 Å². The summed E-state index contributed by atoms with van der Waals surface area (Å²) < 4.78 is 6.27. The monoisotopic (exact) mass is 259 g/mol. The van der Waals surface area contributed by atoms with Gasteiger partial charge in [-0.15, -0.1) is 0 Å². The molecule has 98 valence electrons. The van der Waals surface area contributed by atoms with E-state index in [0.29, 0.717) is 5.75 Å². The number of hydrogen-bond acceptors (Lipinski definition) is 3. The summed E-state index contributed by atoms with van der Waals surface area (Å²) in [5.41, 5.74) is 0.468. The van der Waals surface area contributed by atoms with Gasteiger partial charge in [0, 0.05) is 6.07 Å². The predicted molar refractivity (Wildman–Crippen MR) is 69.8 cm³/mol. The van der Waals surface area contributed by atoms with E-state index in [1.54, 1.807) is 31.4 Å². The maximum Gasteiger partial charge on any atom is 0.352 e. The maximum atomic E-state index is 11.7. The molecule has 0 bridgehead atoms. The summed E-state index contributed by atoms with van der Waals surface area (Å²) in [4.78, 5) is 22.8. The van der Waals surface area contributed by atoms with Gasteiger partial charge in [0.15, 0.2) is 0 Å². The molecule has 1 heterocycles. The van der Waals surface area contributed by atoms with Gasteiger partial charge in [-0.05, 0) is 23.8 Å². The average molecular weight is 259 g/mol. The molecular formula is C14H13NO4. The molecule has 0 saturated heterocycles. The number of nitrogens with zero attached hydrogens (tertiary/aromatic N) is 1. The van der Waals surface area contributed by atoms with Crippen molar-refractivity contribution in [2.45, 2.75) is 6.54 Å². The van der Waals surface area contributed by atoms with Crippen LogP contribution in [0.3, 0.4) is 0 Å². The predicted octanol–water partition coefficient (Wildman–Crippen LogP) is 1.60. The minimum Gasteiger partial charge on any atom is -0.497 e. The first kappa shape index (κ1) is 12.9. The Morgan fingerprint density at radius 2 is 1.89 bits per heavy atom. The minimum absolute atomic E-state index is 0.0247. The smallest absolute Gasteiger partial charge is 0.352 e. The van der Waals surface area contributed by atoms with Gasteiger partial charge in [-0.2, -0.15) is 0 Å². The van der Waals surface area contributed by atoms with E-state index in [1.807, 2.05) is 0 Å². The molecule has 2 rings (SSSR count). The Bertz CT molecular complexity index is 643. The topological polar surface area (TPSA) is 68.5 Å². The van der Waals surface area contributed by atoms with Crippen molar-refractivity contribution >= 4 is 5.97 Å². The van der Waals surface area contributed by atoms with Gasteiger partial charge in [-0.25, -0.2) is 4.79 Å². The van der Waals surface area contributed by atoms with Crippen LogP contribution in [0.4, 0.5) is 0 Å². The van der Waals surface area contributed by atoms with E-state index in [4.69, 9.17) is 9.84 Å². The molecule has 0 fully saturated rings. The number of methoxy groups -OCH3 is 1. The summed E-state index contributed by atoms with van der Waals surface area (Å²) in [5.74, 6) is -0.408. The van der Waals surface area contributed by atoms with Crippen LogP contribution in [0.25, 0.3) is 0 Å². The highest BCUT2D eigenvalue weighted by Gasteiger charge is 2.10. The third-order valence-corrected chi connectivity index (χ3v) is 2.77. The van der Waals surface area contributed by atoms with Crippen LogP contribution in [-0.4, -0.2) is 22.8 Å². The van der Waals surface area contributed by atoms with Gasteiger partial charge in [-0.3, -0.25) is 9.36 Å². The number of carbonyl (C=O) groups is 1. The van der Waals surface area contributed by atoms with Crippen LogP contribution in [0.5, 0.6) is 5.75 Å². The Morgan fingerprint density at radius 1 is 1.21 bits per heavy atom. The van der Waals surface area contributed by atoms with Crippen LogP contribution < -0.4 is 10.3 Å². The molecule has 5 heteroatoms. The van der Waals surface area contributed by atoms with Gasteiger partial charge in [0.2, 0.25) is 0 Å². The number of ether oxygens (including phenoxy) is 1. The number of carboxylic acid groups (broad SMARTS) is 1. The van der Waals surface area contributed by atoms with Gasteiger partial charge >= 0.3 is 5.97 Å². The summed E-state index contributed by atoms with van der Waals surface area (Å²) in [6, 6.07) is 11.3. The van der Waals surface area contributed by atoms with Gasteiger partial charge in [0.25, 0.3) is 5.56 Å². The fraction of sp³-hybridized carbons (Fsp3) is 0.143. The number of hydrogen-bond donors (Lipinski definition) is 1. The fourth-order valence-electron chi connectivity index (χ4n) is 1.78. The van der Waals surface area contributed by atoms with Crippen molar-refractivity contribution in [3.8, 4) is 5.75 Å². The zero-order valence-electron chi connectivity index (χ0n) is 10.4. The second kappa shape index (κ2) is 5.39. The number of rotatable bonds is 4. The van der Waals surface area contributed by atoms with Crippen LogP contribution in [0, 0.1) is 0 Å². The van der Waals surface area contributed by atoms with Gasteiger partial charge in [-0.1, -0.05) is 18.2 Å².